The number of aromatic nitrogens is 1. The first-order chi connectivity index (χ1) is 12.5. The van der Waals surface area contributed by atoms with Crippen LogP contribution in [0.15, 0.2) is 18.3 Å². The number of nitrogens with zero attached hydrogens (tertiary/aromatic N) is 3. The smallest absolute Gasteiger partial charge is 0.259 e. The van der Waals surface area contributed by atoms with Gasteiger partial charge in [-0.25, -0.2) is 4.98 Å². The van der Waals surface area contributed by atoms with Crippen molar-refractivity contribution in [2.75, 3.05) is 46.4 Å². The van der Waals surface area contributed by atoms with E-state index in [1.807, 2.05) is 4.90 Å². The normalized spacial score (nSPS) is 29.8. The van der Waals surface area contributed by atoms with E-state index < -0.39 is 0 Å². The first-order valence-corrected chi connectivity index (χ1v) is 9.28. The van der Waals surface area contributed by atoms with Crippen LogP contribution in [0, 0.1) is 11.8 Å². The zero-order valence-corrected chi connectivity index (χ0v) is 15.8. The highest BCUT2D eigenvalue weighted by atomic mass is 16.5. The Balaban J connectivity index is 1.67. The Kier molecular flexibility index (Phi) is 6.11. The van der Waals surface area contributed by atoms with Gasteiger partial charge in [-0.15, -0.1) is 0 Å². The van der Waals surface area contributed by atoms with Gasteiger partial charge in [-0.2, -0.15) is 0 Å². The Morgan fingerprint density at radius 3 is 2.62 bits per heavy atom. The highest BCUT2D eigenvalue weighted by molar-refractivity contribution is 5.96. The van der Waals surface area contributed by atoms with Gasteiger partial charge >= 0.3 is 0 Å². The van der Waals surface area contributed by atoms with E-state index in [9.17, 15) is 9.90 Å². The maximum Gasteiger partial charge on any atom is 0.259 e. The summed E-state index contributed by atoms with van der Waals surface area (Å²) in [5, 5.41) is 9.82. The van der Waals surface area contributed by atoms with Crippen LogP contribution in [0.25, 0.3) is 0 Å². The van der Waals surface area contributed by atoms with Crippen LogP contribution in [0.2, 0.25) is 0 Å². The fourth-order valence-corrected chi connectivity index (χ4v) is 4.17. The molecule has 144 valence electrons. The Bertz CT molecular complexity index is 617. The second-order valence-corrected chi connectivity index (χ2v) is 7.45. The van der Waals surface area contributed by atoms with E-state index in [4.69, 9.17) is 9.47 Å². The molecule has 2 saturated heterocycles. The zero-order valence-electron chi connectivity index (χ0n) is 15.8. The lowest BCUT2D eigenvalue weighted by molar-refractivity contribution is -0.0726. The van der Waals surface area contributed by atoms with Crippen LogP contribution >= 0.6 is 0 Å². The van der Waals surface area contributed by atoms with Gasteiger partial charge in [0.15, 0.2) is 0 Å². The first kappa shape index (κ1) is 19.1. The molecule has 0 spiro atoms. The summed E-state index contributed by atoms with van der Waals surface area (Å²) >= 11 is 0. The second-order valence-electron chi connectivity index (χ2n) is 7.45. The molecule has 1 aromatic rings. The van der Waals surface area contributed by atoms with Crippen LogP contribution in [-0.2, 0) is 4.74 Å². The van der Waals surface area contributed by atoms with Gasteiger partial charge in [0.25, 0.3) is 5.91 Å². The van der Waals surface area contributed by atoms with Crippen molar-refractivity contribution < 1.29 is 19.4 Å². The molecule has 1 amide bonds. The Morgan fingerprint density at radius 2 is 1.96 bits per heavy atom. The number of rotatable bonds is 5. The maximum absolute atomic E-state index is 12.9. The van der Waals surface area contributed by atoms with E-state index in [1.54, 1.807) is 18.3 Å². The average molecular weight is 363 g/mol. The van der Waals surface area contributed by atoms with Gasteiger partial charge in [0.2, 0.25) is 5.88 Å². The highest BCUT2D eigenvalue weighted by Crippen LogP contribution is 2.28. The molecule has 7 heteroatoms. The van der Waals surface area contributed by atoms with Crippen LogP contribution in [-0.4, -0.2) is 84.4 Å². The summed E-state index contributed by atoms with van der Waals surface area (Å²) in [6.07, 6.45) is 2.04. The summed E-state index contributed by atoms with van der Waals surface area (Å²) in [5.74, 6) is 0.608. The topological polar surface area (TPSA) is 75.1 Å². The predicted octanol–water partition coefficient (Wildman–Crippen LogP) is 0.880. The quantitative estimate of drug-likeness (QED) is 0.837. The van der Waals surface area contributed by atoms with Gasteiger partial charge in [0.05, 0.1) is 19.3 Å². The van der Waals surface area contributed by atoms with Crippen LogP contribution in [0.5, 0.6) is 5.88 Å². The van der Waals surface area contributed by atoms with Crippen molar-refractivity contribution in [3.8, 4) is 5.88 Å². The number of carbonyl (C=O) groups excluding carboxylic acids is 1. The number of hydrogen-bond donors (Lipinski definition) is 1. The zero-order chi connectivity index (χ0) is 18.7. The van der Waals surface area contributed by atoms with Crippen molar-refractivity contribution in [3.05, 3.63) is 23.9 Å². The van der Waals surface area contributed by atoms with Crippen molar-refractivity contribution in [2.45, 2.75) is 26.1 Å². The number of morpholine rings is 1. The molecule has 2 fully saturated rings. The van der Waals surface area contributed by atoms with Gasteiger partial charge in [0, 0.05) is 51.4 Å². The molecule has 3 heterocycles. The summed E-state index contributed by atoms with van der Waals surface area (Å²) in [4.78, 5) is 21.2. The minimum atomic E-state index is -0.0837. The summed E-state index contributed by atoms with van der Waals surface area (Å²) in [7, 11) is 1.52. The van der Waals surface area contributed by atoms with Gasteiger partial charge < -0.3 is 19.5 Å². The number of amides is 1. The Morgan fingerprint density at radius 1 is 1.27 bits per heavy atom. The summed E-state index contributed by atoms with van der Waals surface area (Å²) in [6, 6.07) is 3.48. The second kappa shape index (κ2) is 8.33. The summed E-state index contributed by atoms with van der Waals surface area (Å²) in [5.41, 5.74) is 0.473. The summed E-state index contributed by atoms with van der Waals surface area (Å²) in [6.45, 7) is 8.13. The lowest BCUT2D eigenvalue weighted by Gasteiger charge is -2.37. The number of methoxy groups -OCH3 is 1. The standard InChI is InChI=1S/C19H29N3O4/c1-13-7-21(8-14(2)26-13)9-15-10-22(11-16(15)12-23)19(24)17-5-4-6-20-18(17)25-3/h4-6,13-16,23H,7-12H2,1-3H3/t13-,14+,15-,16-/m1/s1. The number of aliphatic hydroxyl groups excluding tert-OH is 1. The fourth-order valence-electron chi connectivity index (χ4n) is 4.17. The maximum atomic E-state index is 12.9. The largest absolute Gasteiger partial charge is 0.480 e. The van der Waals surface area contributed by atoms with Crippen LogP contribution in [0.3, 0.4) is 0 Å². The van der Waals surface area contributed by atoms with Crippen molar-refractivity contribution in [3.63, 3.8) is 0 Å². The van der Waals surface area contributed by atoms with E-state index in [-0.39, 0.29) is 36.6 Å². The molecule has 4 atom stereocenters. The lowest BCUT2D eigenvalue weighted by atomic mass is 9.96. The van der Waals surface area contributed by atoms with Gasteiger partial charge in [-0.3, -0.25) is 9.69 Å². The predicted molar refractivity (Wildman–Crippen MR) is 97.2 cm³/mol. The van der Waals surface area contributed by atoms with Crippen molar-refractivity contribution in [1.29, 1.82) is 0 Å². The molecule has 0 bridgehead atoms. The van der Waals surface area contributed by atoms with Crippen molar-refractivity contribution >= 4 is 5.91 Å². The fraction of sp³-hybridized carbons (Fsp3) is 0.684. The number of hydrogen-bond acceptors (Lipinski definition) is 6. The van der Waals surface area contributed by atoms with Crippen molar-refractivity contribution in [2.24, 2.45) is 11.8 Å². The third-order valence-electron chi connectivity index (χ3n) is 5.28. The number of ether oxygens (including phenoxy) is 2. The molecular formula is C19H29N3O4. The Labute approximate surface area is 154 Å². The van der Waals surface area contributed by atoms with Crippen LogP contribution < -0.4 is 4.74 Å². The van der Waals surface area contributed by atoms with E-state index >= 15 is 0 Å². The van der Waals surface area contributed by atoms with E-state index in [2.05, 4.69) is 23.7 Å². The van der Waals surface area contributed by atoms with E-state index in [1.165, 1.54) is 7.11 Å². The first-order valence-electron chi connectivity index (χ1n) is 9.28. The molecule has 1 aromatic heterocycles. The van der Waals surface area contributed by atoms with Gasteiger partial charge in [-0.1, -0.05) is 0 Å². The molecular weight excluding hydrogens is 334 g/mol. The average Bonchev–Trinajstić information content (AvgIpc) is 3.03. The Hall–Kier alpha value is -1.70. The van der Waals surface area contributed by atoms with E-state index in [0.29, 0.717) is 24.5 Å². The number of pyridine rings is 1. The van der Waals surface area contributed by atoms with Crippen LogP contribution in [0.4, 0.5) is 0 Å². The van der Waals surface area contributed by atoms with E-state index in [0.717, 1.165) is 19.6 Å². The molecule has 0 aromatic carbocycles. The molecule has 2 aliphatic rings. The third kappa shape index (κ3) is 4.16. The minimum absolute atomic E-state index is 0.0837. The number of carbonyl (C=O) groups is 1. The molecule has 0 unspecified atom stereocenters. The molecule has 0 radical (unpaired) electrons. The lowest BCUT2D eigenvalue weighted by Crippen LogP contribution is -2.48. The molecule has 26 heavy (non-hydrogen) atoms. The van der Waals surface area contributed by atoms with Gasteiger partial charge in [-0.05, 0) is 31.9 Å². The molecule has 0 saturated carbocycles. The highest BCUT2D eigenvalue weighted by Gasteiger charge is 2.37. The third-order valence-corrected chi connectivity index (χ3v) is 5.28. The SMILES string of the molecule is COc1ncccc1C(=O)N1C[C@@H](CN2C[C@@H](C)O[C@@H](C)C2)[C@@H](CO)C1. The molecule has 7 nitrogen and oxygen atoms in total. The molecule has 0 aliphatic carbocycles. The van der Waals surface area contributed by atoms with Crippen LogP contribution in [0.1, 0.15) is 24.2 Å². The number of likely N-dealkylation sites (tertiary alicyclic amines) is 1. The summed E-state index contributed by atoms with van der Waals surface area (Å²) < 4.78 is 11.0. The van der Waals surface area contributed by atoms with Crippen molar-refractivity contribution in [1.82, 2.24) is 14.8 Å². The van der Waals surface area contributed by atoms with Gasteiger partial charge in [0.1, 0.15) is 5.56 Å². The molecule has 2 aliphatic heterocycles. The minimum Gasteiger partial charge on any atom is -0.480 e. The molecule has 3 rings (SSSR count). The number of aliphatic hydroxyl groups is 1. The monoisotopic (exact) mass is 363 g/mol. The molecule has 1 N–H and O–H groups in total.